The minimum atomic E-state index is -4.56. The predicted octanol–water partition coefficient (Wildman–Crippen LogP) is 5.06. The summed E-state index contributed by atoms with van der Waals surface area (Å²) < 4.78 is 49.6. The molecule has 0 aliphatic carbocycles. The van der Waals surface area contributed by atoms with Crippen LogP contribution in [0, 0.1) is 18.7 Å². The fourth-order valence-corrected chi connectivity index (χ4v) is 5.28. The van der Waals surface area contributed by atoms with Crippen molar-refractivity contribution in [1.82, 2.24) is 4.90 Å². The van der Waals surface area contributed by atoms with Gasteiger partial charge in [-0.3, -0.25) is 8.98 Å². The Labute approximate surface area is 215 Å². The predicted molar refractivity (Wildman–Crippen MR) is 136 cm³/mol. The second kappa shape index (κ2) is 11.7. The van der Waals surface area contributed by atoms with Crippen molar-refractivity contribution in [3.8, 4) is 0 Å². The molecule has 3 aromatic rings. The van der Waals surface area contributed by atoms with Gasteiger partial charge in [0.15, 0.2) is 0 Å². The zero-order valence-corrected chi connectivity index (χ0v) is 21.2. The van der Waals surface area contributed by atoms with Crippen molar-refractivity contribution in [1.29, 1.82) is 0 Å². The van der Waals surface area contributed by atoms with Crippen molar-refractivity contribution in [2.45, 2.75) is 25.9 Å². The Bertz CT molecular complexity index is 1330. The second-order valence-electron chi connectivity index (χ2n) is 9.09. The maximum atomic E-state index is 13.5. The van der Waals surface area contributed by atoms with Gasteiger partial charge in [-0.25, -0.2) is 9.18 Å². The first kappa shape index (κ1) is 26.5. The lowest BCUT2D eigenvalue weighted by atomic mass is 9.81. The summed E-state index contributed by atoms with van der Waals surface area (Å²) in [5.74, 6) is -1.06. The number of aryl methyl sites for hydroxylation is 1. The molecule has 1 saturated heterocycles. The Morgan fingerprint density at radius 3 is 2.32 bits per heavy atom. The van der Waals surface area contributed by atoms with Gasteiger partial charge in [-0.15, -0.1) is 0 Å². The average molecular weight is 526 g/mol. The van der Waals surface area contributed by atoms with Gasteiger partial charge in [0.25, 0.3) is 0 Å². The minimum Gasteiger partial charge on any atom is -0.445 e. The highest BCUT2D eigenvalue weighted by atomic mass is 32.2. The lowest BCUT2D eigenvalue weighted by molar-refractivity contribution is 0.0645. The third-order valence-corrected chi connectivity index (χ3v) is 7.58. The molecule has 0 aromatic heterocycles. The van der Waals surface area contributed by atoms with Gasteiger partial charge >= 0.3 is 21.3 Å². The lowest BCUT2D eigenvalue weighted by Gasteiger charge is -2.38. The molecular formula is C28H28FNO6S. The summed E-state index contributed by atoms with van der Waals surface area (Å²) in [6, 6.07) is 21.4. The number of amides is 1. The van der Waals surface area contributed by atoms with Gasteiger partial charge in [0.05, 0.1) is 6.61 Å². The van der Waals surface area contributed by atoms with Gasteiger partial charge in [0, 0.05) is 24.6 Å². The highest BCUT2D eigenvalue weighted by molar-refractivity contribution is 8.02. The van der Waals surface area contributed by atoms with Gasteiger partial charge in [0.1, 0.15) is 12.4 Å². The fraction of sp³-hybridized carbons (Fsp3) is 0.286. The molecule has 3 aromatic carbocycles. The monoisotopic (exact) mass is 525 g/mol. The minimum absolute atomic E-state index is 0.00967. The first-order chi connectivity index (χ1) is 17.7. The van der Waals surface area contributed by atoms with Crippen molar-refractivity contribution in [2.24, 2.45) is 5.92 Å². The lowest BCUT2D eigenvalue weighted by Crippen LogP contribution is -2.45. The average Bonchev–Trinajstić information content (AvgIpc) is 2.91. The second-order valence-corrected chi connectivity index (χ2v) is 10.6. The first-order valence-electron chi connectivity index (χ1n) is 11.9. The van der Waals surface area contributed by atoms with Crippen LogP contribution in [0.15, 0.2) is 78.9 Å². The molecule has 194 valence electrons. The molecule has 4 rings (SSSR count). The van der Waals surface area contributed by atoms with Crippen molar-refractivity contribution in [2.75, 3.05) is 19.7 Å². The number of hydrogen-bond donors (Lipinski definition) is 0. The molecule has 9 heteroatoms. The van der Waals surface area contributed by atoms with E-state index in [2.05, 4.69) is 0 Å². The SMILES string of the molecule is Cc1ccc(C(=O)S(=O)(=O)OC[C@@H]2CN(C(=O)OCc3ccccc3)CC[C@H]2c2ccc(F)cc2)cc1. The zero-order chi connectivity index (χ0) is 26.4. The van der Waals surface area contributed by atoms with Crippen LogP contribution in [0.5, 0.6) is 0 Å². The normalized spacial score (nSPS) is 17.8. The van der Waals surface area contributed by atoms with Crippen LogP contribution >= 0.6 is 0 Å². The number of rotatable bonds is 7. The van der Waals surface area contributed by atoms with Gasteiger partial charge in [0.2, 0.25) is 0 Å². The van der Waals surface area contributed by atoms with E-state index in [1.165, 1.54) is 29.2 Å². The van der Waals surface area contributed by atoms with Crippen LogP contribution in [0.25, 0.3) is 0 Å². The summed E-state index contributed by atoms with van der Waals surface area (Å²) in [4.78, 5) is 26.9. The largest absolute Gasteiger partial charge is 0.445 e. The molecule has 37 heavy (non-hydrogen) atoms. The highest BCUT2D eigenvalue weighted by Crippen LogP contribution is 2.34. The van der Waals surface area contributed by atoms with Crippen molar-refractivity contribution in [3.05, 3.63) is 107 Å². The van der Waals surface area contributed by atoms with Gasteiger partial charge in [-0.05, 0) is 54.7 Å². The van der Waals surface area contributed by atoms with E-state index in [0.717, 1.165) is 16.7 Å². The van der Waals surface area contributed by atoms with E-state index in [1.54, 1.807) is 24.3 Å². The summed E-state index contributed by atoms with van der Waals surface area (Å²) in [7, 11) is -4.56. The van der Waals surface area contributed by atoms with Crippen LogP contribution in [0.2, 0.25) is 0 Å². The number of carbonyl (C=O) groups is 2. The number of ether oxygens (including phenoxy) is 1. The molecule has 1 aliphatic heterocycles. The van der Waals surface area contributed by atoms with Crippen molar-refractivity contribution in [3.63, 3.8) is 0 Å². The zero-order valence-electron chi connectivity index (χ0n) is 20.4. The van der Waals surface area contributed by atoms with Gasteiger partial charge < -0.3 is 9.64 Å². The summed E-state index contributed by atoms with van der Waals surface area (Å²) in [5.41, 5.74) is 2.54. The summed E-state index contributed by atoms with van der Waals surface area (Å²) in [6.45, 7) is 2.16. The van der Waals surface area contributed by atoms with Crippen LogP contribution < -0.4 is 0 Å². The number of hydrogen-bond acceptors (Lipinski definition) is 6. The van der Waals surface area contributed by atoms with Crippen molar-refractivity contribution < 1.29 is 31.3 Å². The van der Waals surface area contributed by atoms with Gasteiger partial charge in [-0.2, -0.15) is 8.42 Å². The molecule has 0 N–H and O–H groups in total. The quantitative estimate of drug-likeness (QED) is 0.401. The van der Waals surface area contributed by atoms with Crippen LogP contribution in [0.1, 0.15) is 39.4 Å². The summed E-state index contributed by atoms with van der Waals surface area (Å²) >= 11 is 0. The molecule has 7 nitrogen and oxygen atoms in total. The van der Waals surface area contributed by atoms with E-state index in [0.29, 0.717) is 13.0 Å². The van der Waals surface area contributed by atoms with Crippen LogP contribution in [-0.4, -0.2) is 44.2 Å². The van der Waals surface area contributed by atoms with Crippen LogP contribution in [0.4, 0.5) is 9.18 Å². The van der Waals surface area contributed by atoms with Crippen LogP contribution in [0.3, 0.4) is 0 Å². The Kier molecular flexibility index (Phi) is 8.35. The van der Waals surface area contributed by atoms with Gasteiger partial charge in [-0.1, -0.05) is 60.2 Å². The molecule has 1 fully saturated rings. The number of nitrogens with zero attached hydrogens (tertiary/aromatic N) is 1. The maximum absolute atomic E-state index is 13.5. The Morgan fingerprint density at radius 2 is 1.65 bits per heavy atom. The molecule has 0 bridgehead atoms. The van der Waals surface area contributed by atoms with E-state index in [1.807, 2.05) is 37.3 Å². The molecule has 2 atom stereocenters. The topological polar surface area (TPSA) is 90.0 Å². The Hall–Kier alpha value is -3.56. The van der Waals surface area contributed by atoms with Crippen molar-refractivity contribution >= 4 is 21.3 Å². The number of likely N-dealkylation sites (tertiary alicyclic amines) is 1. The smallest absolute Gasteiger partial charge is 0.410 e. The Balaban J connectivity index is 1.47. The molecule has 0 radical (unpaired) electrons. The van der Waals surface area contributed by atoms with E-state index in [-0.39, 0.29) is 37.1 Å². The number of carbonyl (C=O) groups excluding carboxylic acids is 2. The molecule has 0 saturated carbocycles. The first-order valence-corrected chi connectivity index (χ1v) is 13.4. The molecule has 0 spiro atoms. The summed E-state index contributed by atoms with van der Waals surface area (Å²) in [6.07, 6.45) is -0.0310. The van der Waals surface area contributed by atoms with E-state index in [4.69, 9.17) is 8.92 Å². The Morgan fingerprint density at radius 1 is 0.973 bits per heavy atom. The molecule has 1 aliphatic rings. The third-order valence-electron chi connectivity index (χ3n) is 6.45. The van der Waals surface area contributed by atoms with E-state index < -0.39 is 27.2 Å². The molecular weight excluding hydrogens is 497 g/mol. The highest BCUT2D eigenvalue weighted by Gasteiger charge is 2.35. The number of benzene rings is 3. The number of halogens is 1. The third kappa shape index (κ3) is 6.81. The number of piperidine rings is 1. The van der Waals surface area contributed by atoms with Crippen LogP contribution in [-0.2, 0) is 25.6 Å². The molecule has 1 heterocycles. The molecule has 0 unspecified atom stereocenters. The van der Waals surface area contributed by atoms with E-state index >= 15 is 0 Å². The van der Waals surface area contributed by atoms with E-state index in [9.17, 15) is 22.4 Å². The molecule has 1 amide bonds. The maximum Gasteiger partial charge on any atom is 0.410 e. The standard InChI is InChI=1S/C28H28FNO6S/c1-20-7-9-23(10-8-20)27(31)37(33,34)36-19-24-17-30(28(32)35-18-21-5-3-2-4-6-21)16-15-26(24)22-11-13-25(29)14-12-22/h2-14,24,26H,15-19H2,1H3/t24-,26-/m0/s1. The summed E-state index contributed by atoms with van der Waals surface area (Å²) in [5, 5.41) is -1.12. The fourth-order valence-electron chi connectivity index (χ4n) is 4.39.